The first-order chi connectivity index (χ1) is 7.62. The smallest absolute Gasteiger partial charge is 0.0534 e. The van der Waals surface area contributed by atoms with E-state index < -0.39 is 0 Å². The maximum atomic E-state index is 6.22. The third-order valence-corrected chi connectivity index (χ3v) is 3.62. The van der Waals surface area contributed by atoms with Gasteiger partial charge in [-0.15, -0.1) is 0 Å². The number of rotatable bonds is 5. The van der Waals surface area contributed by atoms with E-state index in [1.807, 2.05) is 17.9 Å². The van der Waals surface area contributed by atoms with Gasteiger partial charge in [-0.3, -0.25) is 4.68 Å². The standard InChI is InChI=1S/C13H26N4/c1-12(2,13(3,4)14)10-16(5)8-11-7-15-17(6)9-11/h7,9H,8,10,14H2,1-6H3. The van der Waals surface area contributed by atoms with Crippen LogP contribution in [-0.4, -0.2) is 33.8 Å². The number of hydrogen-bond donors (Lipinski definition) is 1. The lowest BCUT2D eigenvalue weighted by atomic mass is 9.75. The highest BCUT2D eigenvalue weighted by molar-refractivity contribution is 5.03. The van der Waals surface area contributed by atoms with Crippen molar-refractivity contribution in [1.29, 1.82) is 0 Å². The van der Waals surface area contributed by atoms with Gasteiger partial charge in [-0.2, -0.15) is 5.10 Å². The van der Waals surface area contributed by atoms with Gasteiger partial charge < -0.3 is 10.6 Å². The van der Waals surface area contributed by atoms with Crippen LogP contribution in [-0.2, 0) is 13.6 Å². The Bertz CT molecular complexity index is 360. The van der Waals surface area contributed by atoms with Gasteiger partial charge in [-0.05, 0) is 26.3 Å². The maximum absolute atomic E-state index is 6.22. The highest BCUT2D eigenvalue weighted by Crippen LogP contribution is 2.29. The normalized spacial score (nSPS) is 13.4. The molecule has 0 unspecified atom stereocenters. The summed E-state index contributed by atoms with van der Waals surface area (Å²) in [5.41, 5.74) is 7.34. The van der Waals surface area contributed by atoms with E-state index in [4.69, 9.17) is 5.73 Å². The summed E-state index contributed by atoms with van der Waals surface area (Å²) in [5.74, 6) is 0. The minimum absolute atomic E-state index is 0.0734. The fourth-order valence-electron chi connectivity index (χ4n) is 1.80. The predicted molar refractivity (Wildman–Crippen MR) is 71.6 cm³/mol. The van der Waals surface area contributed by atoms with Gasteiger partial charge in [0.25, 0.3) is 0 Å². The third kappa shape index (κ3) is 3.82. The largest absolute Gasteiger partial charge is 0.325 e. The molecule has 0 saturated carbocycles. The van der Waals surface area contributed by atoms with Crippen molar-refractivity contribution >= 4 is 0 Å². The molecular weight excluding hydrogens is 212 g/mol. The summed E-state index contributed by atoms with van der Waals surface area (Å²) in [5, 5.41) is 4.18. The van der Waals surface area contributed by atoms with Crippen molar-refractivity contribution in [1.82, 2.24) is 14.7 Å². The number of aromatic nitrogens is 2. The van der Waals surface area contributed by atoms with Gasteiger partial charge in [0.1, 0.15) is 0 Å². The summed E-state index contributed by atoms with van der Waals surface area (Å²) in [6, 6.07) is 0. The third-order valence-electron chi connectivity index (χ3n) is 3.62. The second-order valence-corrected chi connectivity index (χ2v) is 6.30. The van der Waals surface area contributed by atoms with Crippen LogP contribution in [0.25, 0.3) is 0 Å². The van der Waals surface area contributed by atoms with E-state index in [1.165, 1.54) is 5.56 Å². The second-order valence-electron chi connectivity index (χ2n) is 6.30. The molecule has 1 heterocycles. The van der Waals surface area contributed by atoms with E-state index in [1.54, 1.807) is 0 Å². The van der Waals surface area contributed by atoms with E-state index in [0.717, 1.165) is 13.1 Å². The summed E-state index contributed by atoms with van der Waals surface area (Å²) in [4.78, 5) is 2.30. The average molecular weight is 238 g/mol. The molecule has 0 amide bonds. The quantitative estimate of drug-likeness (QED) is 0.848. The molecule has 4 heteroatoms. The van der Waals surface area contributed by atoms with Gasteiger partial charge in [0, 0.05) is 37.4 Å². The number of nitrogens with zero attached hydrogens (tertiary/aromatic N) is 3. The Morgan fingerprint density at radius 1 is 1.35 bits per heavy atom. The van der Waals surface area contributed by atoms with Crippen LogP contribution >= 0.6 is 0 Å². The van der Waals surface area contributed by atoms with Crippen molar-refractivity contribution in [3.63, 3.8) is 0 Å². The SMILES string of the molecule is CN(Cc1cnn(C)c1)CC(C)(C)C(C)(C)N. The molecular formula is C13H26N4. The average Bonchev–Trinajstić information content (AvgIpc) is 2.47. The first-order valence-corrected chi connectivity index (χ1v) is 6.07. The van der Waals surface area contributed by atoms with Gasteiger partial charge in [0.15, 0.2) is 0 Å². The van der Waals surface area contributed by atoms with Crippen LogP contribution in [0.5, 0.6) is 0 Å². The van der Waals surface area contributed by atoms with Crippen molar-refractivity contribution in [2.75, 3.05) is 13.6 Å². The summed E-state index contributed by atoms with van der Waals surface area (Å²) in [6.45, 7) is 10.5. The Morgan fingerprint density at radius 3 is 2.35 bits per heavy atom. The minimum atomic E-state index is -0.184. The molecule has 4 nitrogen and oxygen atoms in total. The van der Waals surface area contributed by atoms with E-state index in [2.05, 4.69) is 50.9 Å². The predicted octanol–water partition coefficient (Wildman–Crippen LogP) is 1.62. The molecule has 17 heavy (non-hydrogen) atoms. The van der Waals surface area contributed by atoms with Crippen LogP contribution in [0.3, 0.4) is 0 Å². The van der Waals surface area contributed by atoms with E-state index in [9.17, 15) is 0 Å². The molecule has 1 aromatic rings. The molecule has 1 aromatic heterocycles. The molecule has 98 valence electrons. The molecule has 0 aromatic carbocycles. The van der Waals surface area contributed by atoms with Crippen LogP contribution in [0.1, 0.15) is 33.3 Å². The number of nitrogens with two attached hydrogens (primary N) is 1. The van der Waals surface area contributed by atoms with Crippen LogP contribution in [0.15, 0.2) is 12.4 Å². The highest BCUT2D eigenvalue weighted by Gasteiger charge is 2.34. The van der Waals surface area contributed by atoms with Crippen molar-refractivity contribution in [2.24, 2.45) is 18.2 Å². The molecule has 0 fully saturated rings. The molecule has 0 spiro atoms. The van der Waals surface area contributed by atoms with Crippen molar-refractivity contribution < 1.29 is 0 Å². The fourth-order valence-corrected chi connectivity index (χ4v) is 1.80. The molecule has 0 saturated heterocycles. The van der Waals surface area contributed by atoms with E-state index >= 15 is 0 Å². The Kier molecular flexibility index (Phi) is 3.99. The molecule has 0 atom stereocenters. The number of aryl methyl sites for hydroxylation is 1. The van der Waals surface area contributed by atoms with Gasteiger partial charge in [0.05, 0.1) is 6.20 Å². The van der Waals surface area contributed by atoms with Crippen LogP contribution < -0.4 is 5.73 Å². The molecule has 0 bridgehead atoms. The van der Waals surface area contributed by atoms with Crippen molar-refractivity contribution in [3.05, 3.63) is 18.0 Å². The second kappa shape index (κ2) is 4.78. The van der Waals surface area contributed by atoms with Crippen LogP contribution in [0.4, 0.5) is 0 Å². The molecule has 2 N–H and O–H groups in total. The summed E-state index contributed by atoms with van der Waals surface area (Å²) in [7, 11) is 4.07. The minimum Gasteiger partial charge on any atom is -0.325 e. The number of hydrogen-bond acceptors (Lipinski definition) is 3. The molecule has 0 radical (unpaired) electrons. The molecule has 0 aliphatic heterocycles. The fraction of sp³-hybridized carbons (Fsp3) is 0.769. The van der Waals surface area contributed by atoms with Crippen molar-refractivity contribution in [3.8, 4) is 0 Å². The Morgan fingerprint density at radius 2 is 1.94 bits per heavy atom. The zero-order chi connectivity index (χ0) is 13.3. The lowest BCUT2D eigenvalue weighted by Crippen LogP contribution is -2.52. The first-order valence-electron chi connectivity index (χ1n) is 6.07. The zero-order valence-corrected chi connectivity index (χ0v) is 12.0. The topological polar surface area (TPSA) is 47.1 Å². The van der Waals surface area contributed by atoms with E-state index in [-0.39, 0.29) is 11.0 Å². The van der Waals surface area contributed by atoms with Crippen LogP contribution in [0.2, 0.25) is 0 Å². The first kappa shape index (κ1) is 14.2. The lowest BCUT2D eigenvalue weighted by molar-refractivity contribution is 0.126. The Labute approximate surface area is 105 Å². The Balaban J connectivity index is 2.58. The lowest BCUT2D eigenvalue weighted by Gasteiger charge is -2.41. The summed E-state index contributed by atoms with van der Waals surface area (Å²) in [6.07, 6.45) is 3.97. The monoisotopic (exact) mass is 238 g/mol. The van der Waals surface area contributed by atoms with E-state index in [0.29, 0.717) is 0 Å². The molecule has 1 rings (SSSR count). The van der Waals surface area contributed by atoms with Gasteiger partial charge in [-0.25, -0.2) is 0 Å². The maximum Gasteiger partial charge on any atom is 0.0534 e. The molecule has 0 aliphatic rings. The van der Waals surface area contributed by atoms with Gasteiger partial charge in [-0.1, -0.05) is 13.8 Å². The van der Waals surface area contributed by atoms with Crippen molar-refractivity contribution in [2.45, 2.75) is 39.8 Å². The Hall–Kier alpha value is -0.870. The zero-order valence-electron chi connectivity index (χ0n) is 12.0. The highest BCUT2D eigenvalue weighted by atomic mass is 15.2. The van der Waals surface area contributed by atoms with Gasteiger partial charge in [0.2, 0.25) is 0 Å². The van der Waals surface area contributed by atoms with Gasteiger partial charge >= 0.3 is 0 Å². The van der Waals surface area contributed by atoms with Crippen LogP contribution in [0, 0.1) is 5.41 Å². The molecule has 0 aliphatic carbocycles. The summed E-state index contributed by atoms with van der Waals surface area (Å²) < 4.78 is 1.83. The summed E-state index contributed by atoms with van der Waals surface area (Å²) >= 11 is 0.